The monoisotopic (exact) mass is 236 g/mol. The van der Waals surface area contributed by atoms with E-state index in [1.807, 2.05) is 25.8 Å². The molecule has 4 nitrogen and oxygen atoms in total. The Hall–Kier alpha value is -0.870. The van der Waals surface area contributed by atoms with Gasteiger partial charge in [0.05, 0.1) is 24.3 Å². The van der Waals surface area contributed by atoms with Crippen LogP contribution in [0.5, 0.6) is 0 Å². The van der Waals surface area contributed by atoms with Gasteiger partial charge in [-0.1, -0.05) is 5.57 Å². The average Bonchev–Trinajstić information content (AvgIpc) is 2.82. The van der Waals surface area contributed by atoms with E-state index in [0.29, 0.717) is 12.1 Å². The summed E-state index contributed by atoms with van der Waals surface area (Å²) in [6.07, 6.45) is 3.44. The summed E-state index contributed by atoms with van der Waals surface area (Å²) in [5.41, 5.74) is 1.05. The summed E-state index contributed by atoms with van der Waals surface area (Å²) in [5, 5.41) is 0. The Balaban J connectivity index is 1.78. The van der Waals surface area contributed by atoms with E-state index in [9.17, 15) is 4.79 Å². The maximum atomic E-state index is 12.1. The molecule has 0 aromatic rings. The molecule has 17 heavy (non-hydrogen) atoms. The van der Waals surface area contributed by atoms with Crippen LogP contribution >= 0.6 is 0 Å². The number of ether oxygens (including phenoxy) is 1. The fraction of sp³-hybridized carbons (Fsp3) is 0.769. The largest absolute Gasteiger partial charge is 0.370 e. The Labute approximate surface area is 102 Å². The first-order valence-electron chi connectivity index (χ1n) is 6.39. The summed E-state index contributed by atoms with van der Waals surface area (Å²) in [4.78, 5) is 16.4. The number of rotatable bonds is 2. The van der Waals surface area contributed by atoms with Crippen LogP contribution in [0.4, 0.5) is 0 Å². The fourth-order valence-corrected chi connectivity index (χ4v) is 3.53. The number of likely N-dealkylation sites (N-methyl/N-ethyl adjacent to an activating group) is 1. The van der Waals surface area contributed by atoms with Crippen molar-refractivity contribution in [1.82, 2.24) is 9.80 Å². The second-order valence-electron chi connectivity index (χ2n) is 5.65. The first-order chi connectivity index (χ1) is 8.08. The second kappa shape index (κ2) is 3.82. The highest BCUT2D eigenvalue weighted by molar-refractivity contribution is 5.88. The predicted molar refractivity (Wildman–Crippen MR) is 64.6 cm³/mol. The van der Waals surface area contributed by atoms with E-state index in [4.69, 9.17) is 4.74 Å². The Morgan fingerprint density at radius 3 is 2.82 bits per heavy atom. The van der Waals surface area contributed by atoms with E-state index in [-0.39, 0.29) is 18.1 Å². The summed E-state index contributed by atoms with van der Waals surface area (Å²) < 4.78 is 5.98. The SMILES string of the molecule is CC(C)=CC(=O)N(C)[C@@H]1C2[C@H]3CCN2C[C@H]1O3. The van der Waals surface area contributed by atoms with Gasteiger partial charge in [-0.05, 0) is 20.3 Å². The van der Waals surface area contributed by atoms with E-state index < -0.39 is 0 Å². The first-order valence-corrected chi connectivity index (χ1v) is 6.39. The summed E-state index contributed by atoms with van der Waals surface area (Å²) in [6.45, 7) is 6.04. The van der Waals surface area contributed by atoms with E-state index in [0.717, 1.165) is 25.1 Å². The molecule has 4 heteroatoms. The first kappa shape index (κ1) is 11.2. The highest BCUT2D eigenvalue weighted by Gasteiger charge is 2.58. The molecular weight excluding hydrogens is 216 g/mol. The van der Waals surface area contributed by atoms with Crippen molar-refractivity contribution < 1.29 is 9.53 Å². The van der Waals surface area contributed by atoms with Crippen molar-refractivity contribution in [1.29, 1.82) is 0 Å². The summed E-state index contributed by atoms with van der Waals surface area (Å²) >= 11 is 0. The van der Waals surface area contributed by atoms with Gasteiger partial charge in [0.2, 0.25) is 5.91 Å². The fourth-order valence-electron chi connectivity index (χ4n) is 3.53. The molecule has 0 spiro atoms. The van der Waals surface area contributed by atoms with Crippen LogP contribution < -0.4 is 0 Å². The normalized spacial score (nSPS) is 38.5. The third-order valence-corrected chi connectivity index (χ3v) is 4.21. The molecule has 3 heterocycles. The smallest absolute Gasteiger partial charge is 0.246 e. The molecule has 4 atom stereocenters. The minimum atomic E-state index is 0.109. The Morgan fingerprint density at radius 2 is 2.18 bits per heavy atom. The Kier molecular flexibility index (Phi) is 2.52. The molecule has 0 aliphatic carbocycles. The van der Waals surface area contributed by atoms with Gasteiger partial charge in [0, 0.05) is 26.2 Å². The molecular formula is C13H20N2O2. The highest BCUT2D eigenvalue weighted by Crippen LogP contribution is 2.41. The topological polar surface area (TPSA) is 32.8 Å². The number of hydrogen-bond donors (Lipinski definition) is 0. The Bertz CT molecular complexity index is 362. The minimum Gasteiger partial charge on any atom is -0.370 e. The molecule has 94 valence electrons. The molecule has 0 aromatic carbocycles. The van der Waals surface area contributed by atoms with Crippen LogP contribution in [0.2, 0.25) is 0 Å². The van der Waals surface area contributed by atoms with Crippen LogP contribution in [-0.4, -0.2) is 60.1 Å². The number of allylic oxidation sites excluding steroid dienone is 1. The van der Waals surface area contributed by atoms with E-state index in [2.05, 4.69) is 4.90 Å². The van der Waals surface area contributed by atoms with Crippen molar-refractivity contribution in [2.24, 2.45) is 0 Å². The lowest BCUT2D eigenvalue weighted by Gasteiger charge is -2.26. The van der Waals surface area contributed by atoms with Crippen LogP contribution in [0.3, 0.4) is 0 Å². The number of amides is 1. The maximum absolute atomic E-state index is 12.1. The van der Waals surface area contributed by atoms with Gasteiger partial charge in [-0.3, -0.25) is 9.69 Å². The van der Waals surface area contributed by atoms with Gasteiger partial charge in [-0.25, -0.2) is 0 Å². The third kappa shape index (κ3) is 1.62. The minimum absolute atomic E-state index is 0.109. The van der Waals surface area contributed by atoms with Gasteiger partial charge >= 0.3 is 0 Å². The zero-order valence-corrected chi connectivity index (χ0v) is 10.7. The van der Waals surface area contributed by atoms with Gasteiger partial charge in [0.1, 0.15) is 0 Å². The van der Waals surface area contributed by atoms with Gasteiger partial charge in [-0.2, -0.15) is 0 Å². The molecule has 0 radical (unpaired) electrons. The molecule has 1 unspecified atom stereocenters. The molecule has 1 amide bonds. The van der Waals surface area contributed by atoms with Crippen molar-refractivity contribution in [3.05, 3.63) is 11.6 Å². The maximum Gasteiger partial charge on any atom is 0.246 e. The number of fused-ring (bicyclic) bond motifs is 1. The number of nitrogens with zero attached hydrogens (tertiary/aromatic N) is 2. The molecule has 3 rings (SSSR count). The van der Waals surface area contributed by atoms with E-state index >= 15 is 0 Å². The molecule has 0 N–H and O–H groups in total. The predicted octanol–water partition coefficient (Wildman–Crippen LogP) is 0.635. The lowest BCUT2D eigenvalue weighted by atomic mass is 10.1. The van der Waals surface area contributed by atoms with Crippen molar-refractivity contribution in [2.45, 2.75) is 44.6 Å². The highest BCUT2D eigenvalue weighted by atomic mass is 16.5. The zero-order valence-electron chi connectivity index (χ0n) is 10.7. The Morgan fingerprint density at radius 1 is 1.41 bits per heavy atom. The zero-order chi connectivity index (χ0) is 12.2. The van der Waals surface area contributed by atoms with Crippen molar-refractivity contribution in [2.75, 3.05) is 20.1 Å². The van der Waals surface area contributed by atoms with Crippen LogP contribution in [0.1, 0.15) is 20.3 Å². The molecule has 3 aliphatic rings. The van der Waals surface area contributed by atoms with Gasteiger partial charge in [0.15, 0.2) is 0 Å². The molecule has 2 bridgehead atoms. The van der Waals surface area contributed by atoms with Crippen molar-refractivity contribution in [3.8, 4) is 0 Å². The molecule has 0 saturated carbocycles. The lowest BCUT2D eigenvalue weighted by molar-refractivity contribution is -0.127. The van der Waals surface area contributed by atoms with E-state index in [1.165, 1.54) is 0 Å². The third-order valence-electron chi connectivity index (χ3n) is 4.21. The van der Waals surface area contributed by atoms with Crippen molar-refractivity contribution >= 4 is 5.91 Å². The second-order valence-corrected chi connectivity index (χ2v) is 5.65. The molecule has 0 aromatic heterocycles. The number of carbonyl (C=O) groups is 1. The number of morpholine rings is 1. The van der Waals surface area contributed by atoms with Gasteiger partial charge in [0.25, 0.3) is 0 Å². The summed E-state index contributed by atoms with van der Waals surface area (Å²) in [7, 11) is 1.91. The lowest BCUT2D eigenvalue weighted by Crippen LogP contribution is -2.45. The summed E-state index contributed by atoms with van der Waals surface area (Å²) in [6, 6.07) is 0.699. The quantitative estimate of drug-likeness (QED) is 0.659. The molecule has 3 saturated heterocycles. The van der Waals surface area contributed by atoms with Gasteiger partial charge in [-0.15, -0.1) is 0 Å². The van der Waals surface area contributed by atoms with Crippen LogP contribution in [0.15, 0.2) is 11.6 Å². The number of hydrogen-bond acceptors (Lipinski definition) is 3. The van der Waals surface area contributed by atoms with Crippen LogP contribution in [0.25, 0.3) is 0 Å². The van der Waals surface area contributed by atoms with Crippen LogP contribution in [-0.2, 0) is 9.53 Å². The summed E-state index contributed by atoms with van der Waals surface area (Å²) in [5.74, 6) is 0.109. The van der Waals surface area contributed by atoms with Crippen LogP contribution in [0, 0.1) is 0 Å². The van der Waals surface area contributed by atoms with Gasteiger partial charge < -0.3 is 9.64 Å². The standard InChI is InChI=1S/C13H20N2O2/c1-8(2)6-11(16)14(3)12-10-7-15-5-4-9(17-10)13(12)15/h6,9-10,12-13H,4-5,7H2,1-3H3/t9-,10-,12+,13?/m1/s1. The average molecular weight is 236 g/mol. The molecule has 3 aliphatic heterocycles. The molecule has 3 fully saturated rings. The van der Waals surface area contributed by atoms with Crippen molar-refractivity contribution in [3.63, 3.8) is 0 Å². The number of carbonyl (C=O) groups excluding carboxylic acids is 1. The van der Waals surface area contributed by atoms with E-state index in [1.54, 1.807) is 6.08 Å².